The molecule has 1 N–H and O–H groups in total. The van der Waals surface area contributed by atoms with Gasteiger partial charge < -0.3 is 15.0 Å². The maximum Gasteiger partial charge on any atom is 0.137 e. The van der Waals surface area contributed by atoms with Gasteiger partial charge in [-0.25, -0.2) is 0 Å². The second-order valence-electron chi connectivity index (χ2n) is 5.89. The molecule has 1 aliphatic carbocycles. The summed E-state index contributed by atoms with van der Waals surface area (Å²) in [6.07, 6.45) is 8.31. The van der Waals surface area contributed by atoms with Gasteiger partial charge in [-0.1, -0.05) is 0 Å². The van der Waals surface area contributed by atoms with Gasteiger partial charge in [-0.2, -0.15) is 0 Å². The fourth-order valence-electron chi connectivity index (χ4n) is 2.62. The Kier molecular flexibility index (Phi) is 4.87. The topological polar surface area (TPSA) is 37.4 Å². The van der Waals surface area contributed by atoms with E-state index in [1.807, 2.05) is 12.3 Å². The van der Waals surface area contributed by atoms with Gasteiger partial charge in [-0.05, 0) is 57.3 Å². The van der Waals surface area contributed by atoms with Gasteiger partial charge in [0.15, 0.2) is 0 Å². The maximum atomic E-state index is 5.75. The van der Waals surface area contributed by atoms with Gasteiger partial charge in [0, 0.05) is 19.1 Å². The van der Waals surface area contributed by atoms with E-state index in [1.165, 1.54) is 38.8 Å². The number of nitrogens with zero attached hydrogens (tertiary/aromatic N) is 2. The first kappa shape index (κ1) is 13.8. The molecule has 0 radical (unpaired) electrons. The van der Waals surface area contributed by atoms with Gasteiger partial charge in [0.2, 0.25) is 0 Å². The summed E-state index contributed by atoms with van der Waals surface area (Å²) < 4.78 is 5.75. The lowest BCUT2D eigenvalue weighted by Crippen LogP contribution is -2.21. The van der Waals surface area contributed by atoms with Gasteiger partial charge in [-0.3, -0.25) is 4.98 Å². The number of hydrogen-bond donors (Lipinski definition) is 1. The molecule has 110 valence electrons. The van der Waals surface area contributed by atoms with Crippen molar-refractivity contribution < 1.29 is 4.74 Å². The van der Waals surface area contributed by atoms with Crippen LogP contribution in [0.25, 0.3) is 0 Å². The van der Waals surface area contributed by atoms with E-state index >= 15 is 0 Å². The van der Waals surface area contributed by atoms with Crippen LogP contribution in [0.15, 0.2) is 18.3 Å². The smallest absolute Gasteiger partial charge is 0.137 e. The third kappa shape index (κ3) is 4.46. The molecule has 3 rings (SSSR count). The van der Waals surface area contributed by atoms with Crippen LogP contribution in [0.5, 0.6) is 5.75 Å². The SMILES string of the molecule is c1cc(CNC2CC2)ncc1OCCCN1CCCC1. The summed E-state index contributed by atoms with van der Waals surface area (Å²) in [5.41, 5.74) is 1.10. The molecule has 2 fully saturated rings. The summed E-state index contributed by atoms with van der Waals surface area (Å²) in [6.45, 7) is 5.36. The average molecular weight is 275 g/mol. The molecule has 1 aromatic rings. The molecule has 1 aromatic heterocycles. The first-order valence-corrected chi connectivity index (χ1v) is 7.93. The Morgan fingerprint density at radius 2 is 2.10 bits per heavy atom. The Morgan fingerprint density at radius 1 is 1.25 bits per heavy atom. The Bertz CT molecular complexity index is 397. The molecule has 20 heavy (non-hydrogen) atoms. The molecule has 1 saturated heterocycles. The molecule has 0 unspecified atom stereocenters. The first-order valence-electron chi connectivity index (χ1n) is 7.93. The minimum Gasteiger partial charge on any atom is -0.492 e. The van der Waals surface area contributed by atoms with E-state index in [9.17, 15) is 0 Å². The van der Waals surface area contributed by atoms with Crippen molar-refractivity contribution >= 4 is 0 Å². The minimum atomic E-state index is 0.735. The third-order valence-electron chi connectivity index (χ3n) is 4.03. The van der Waals surface area contributed by atoms with Gasteiger partial charge in [0.05, 0.1) is 18.5 Å². The molecule has 0 amide bonds. The second-order valence-corrected chi connectivity index (χ2v) is 5.89. The van der Waals surface area contributed by atoms with Crippen molar-refractivity contribution in [1.82, 2.24) is 15.2 Å². The quantitative estimate of drug-likeness (QED) is 0.738. The maximum absolute atomic E-state index is 5.75. The van der Waals surface area contributed by atoms with Crippen molar-refractivity contribution in [2.45, 2.75) is 44.7 Å². The van der Waals surface area contributed by atoms with Gasteiger partial charge in [-0.15, -0.1) is 0 Å². The van der Waals surface area contributed by atoms with Crippen molar-refractivity contribution in [1.29, 1.82) is 0 Å². The van der Waals surface area contributed by atoms with E-state index in [1.54, 1.807) is 0 Å². The Balaban J connectivity index is 1.32. The fourth-order valence-corrected chi connectivity index (χ4v) is 2.62. The normalized spacial score (nSPS) is 19.4. The molecule has 2 aliphatic rings. The zero-order valence-corrected chi connectivity index (χ0v) is 12.2. The molecule has 1 saturated carbocycles. The van der Waals surface area contributed by atoms with Crippen LogP contribution in [-0.4, -0.2) is 42.2 Å². The first-order chi connectivity index (χ1) is 9.90. The van der Waals surface area contributed by atoms with Gasteiger partial charge >= 0.3 is 0 Å². The second kappa shape index (κ2) is 7.04. The molecule has 2 heterocycles. The summed E-state index contributed by atoms with van der Waals surface area (Å²) in [7, 11) is 0. The number of rotatable bonds is 8. The zero-order chi connectivity index (χ0) is 13.6. The van der Waals surface area contributed by atoms with E-state index in [0.29, 0.717) is 0 Å². The van der Waals surface area contributed by atoms with Crippen LogP contribution < -0.4 is 10.1 Å². The number of hydrogen-bond acceptors (Lipinski definition) is 4. The number of pyridine rings is 1. The van der Waals surface area contributed by atoms with Crippen LogP contribution >= 0.6 is 0 Å². The van der Waals surface area contributed by atoms with Crippen molar-refractivity contribution in [2.75, 3.05) is 26.2 Å². The lowest BCUT2D eigenvalue weighted by Gasteiger charge is -2.14. The molecule has 0 atom stereocenters. The van der Waals surface area contributed by atoms with Crippen LogP contribution in [-0.2, 0) is 6.54 Å². The lowest BCUT2D eigenvalue weighted by atomic mass is 10.3. The number of nitrogens with one attached hydrogen (secondary N) is 1. The van der Waals surface area contributed by atoms with Crippen LogP contribution in [0, 0.1) is 0 Å². The summed E-state index contributed by atoms with van der Waals surface area (Å²) in [4.78, 5) is 6.96. The Morgan fingerprint density at radius 3 is 2.80 bits per heavy atom. The molecule has 4 heteroatoms. The molecule has 4 nitrogen and oxygen atoms in total. The van der Waals surface area contributed by atoms with Crippen LogP contribution in [0.3, 0.4) is 0 Å². The van der Waals surface area contributed by atoms with Crippen molar-refractivity contribution in [2.24, 2.45) is 0 Å². The fraction of sp³-hybridized carbons (Fsp3) is 0.688. The largest absolute Gasteiger partial charge is 0.492 e. The monoisotopic (exact) mass is 275 g/mol. The zero-order valence-electron chi connectivity index (χ0n) is 12.2. The Hall–Kier alpha value is -1.13. The summed E-state index contributed by atoms with van der Waals surface area (Å²) >= 11 is 0. The van der Waals surface area contributed by atoms with Crippen molar-refractivity contribution in [3.63, 3.8) is 0 Å². The van der Waals surface area contributed by atoms with Crippen LogP contribution in [0.4, 0.5) is 0 Å². The average Bonchev–Trinajstić information content (AvgIpc) is 3.17. The van der Waals surface area contributed by atoms with E-state index < -0.39 is 0 Å². The highest BCUT2D eigenvalue weighted by Gasteiger charge is 2.20. The highest BCUT2D eigenvalue weighted by atomic mass is 16.5. The lowest BCUT2D eigenvalue weighted by molar-refractivity contribution is 0.262. The predicted octanol–water partition coefficient (Wildman–Crippen LogP) is 2.20. The Labute approximate surface area is 121 Å². The van der Waals surface area contributed by atoms with E-state index in [4.69, 9.17) is 4.74 Å². The standard InChI is InChI=1S/C16H25N3O/c1-2-9-19(8-1)10-3-11-20-16-7-6-15(18-13-16)12-17-14-4-5-14/h6-7,13-14,17H,1-5,8-12H2. The molecule has 0 spiro atoms. The van der Waals surface area contributed by atoms with Crippen LogP contribution in [0.2, 0.25) is 0 Å². The van der Waals surface area contributed by atoms with Crippen LogP contribution in [0.1, 0.15) is 37.8 Å². The van der Waals surface area contributed by atoms with E-state index in [-0.39, 0.29) is 0 Å². The molecular formula is C16H25N3O. The number of aromatic nitrogens is 1. The molecule has 1 aliphatic heterocycles. The van der Waals surface area contributed by atoms with Crippen molar-refractivity contribution in [3.8, 4) is 5.75 Å². The number of ether oxygens (including phenoxy) is 1. The summed E-state index contributed by atoms with van der Waals surface area (Å²) in [5.74, 6) is 0.890. The van der Waals surface area contributed by atoms with Gasteiger partial charge in [0.25, 0.3) is 0 Å². The van der Waals surface area contributed by atoms with Gasteiger partial charge in [0.1, 0.15) is 5.75 Å². The van der Waals surface area contributed by atoms with Crippen molar-refractivity contribution in [3.05, 3.63) is 24.0 Å². The minimum absolute atomic E-state index is 0.735. The predicted molar refractivity (Wildman–Crippen MR) is 79.9 cm³/mol. The highest BCUT2D eigenvalue weighted by molar-refractivity contribution is 5.19. The highest BCUT2D eigenvalue weighted by Crippen LogP contribution is 2.19. The molecule has 0 bridgehead atoms. The third-order valence-corrected chi connectivity index (χ3v) is 4.03. The molecular weight excluding hydrogens is 250 g/mol. The molecule has 0 aromatic carbocycles. The van der Waals surface area contributed by atoms with E-state index in [0.717, 1.165) is 43.6 Å². The van der Waals surface area contributed by atoms with E-state index in [2.05, 4.69) is 21.3 Å². The number of likely N-dealkylation sites (tertiary alicyclic amines) is 1. The summed E-state index contributed by atoms with van der Waals surface area (Å²) in [6, 6.07) is 4.83. The summed E-state index contributed by atoms with van der Waals surface area (Å²) in [5, 5.41) is 3.47.